The first-order valence-corrected chi connectivity index (χ1v) is 11.3. The van der Waals surface area contributed by atoms with Gasteiger partial charge >= 0.3 is 0 Å². The number of rotatable bonds is 5. The Morgan fingerprint density at radius 1 is 1.32 bits per heavy atom. The number of carbonyl (C=O) groups excluding carboxylic acids is 1. The molecule has 3 aromatic rings. The van der Waals surface area contributed by atoms with E-state index in [9.17, 15) is 9.59 Å². The highest BCUT2D eigenvalue weighted by Crippen LogP contribution is 2.36. The van der Waals surface area contributed by atoms with Gasteiger partial charge in [0.05, 0.1) is 16.8 Å². The van der Waals surface area contributed by atoms with Gasteiger partial charge in [-0.1, -0.05) is 29.5 Å². The Balaban J connectivity index is 1.90. The van der Waals surface area contributed by atoms with Crippen LogP contribution in [-0.2, 0) is 17.6 Å². The average molecular weight is 414 g/mol. The molecule has 0 aliphatic heterocycles. The lowest BCUT2D eigenvalue weighted by Gasteiger charge is -2.15. The highest BCUT2D eigenvalue weighted by molar-refractivity contribution is 7.99. The highest BCUT2D eigenvalue weighted by Gasteiger charge is 2.24. The van der Waals surface area contributed by atoms with Gasteiger partial charge in [-0.15, -0.1) is 11.3 Å². The maximum Gasteiger partial charge on any atom is 0.267 e. The number of hydrogen-bond donors (Lipinski definition) is 1. The Bertz CT molecular complexity index is 1130. The molecular formula is C21H23N3O2S2. The largest absolute Gasteiger partial charge is 0.356 e. The first kappa shape index (κ1) is 19.2. The van der Waals surface area contributed by atoms with E-state index in [2.05, 4.69) is 11.4 Å². The van der Waals surface area contributed by atoms with Crippen LogP contribution in [0.4, 0.5) is 0 Å². The Labute approximate surface area is 172 Å². The molecule has 146 valence electrons. The number of benzene rings is 1. The summed E-state index contributed by atoms with van der Waals surface area (Å²) >= 11 is 2.95. The average Bonchev–Trinajstić information content (AvgIpc) is 3.22. The zero-order chi connectivity index (χ0) is 19.8. The number of hydrogen-bond acceptors (Lipinski definition) is 5. The van der Waals surface area contributed by atoms with Gasteiger partial charge in [-0.3, -0.25) is 14.2 Å². The van der Waals surface area contributed by atoms with E-state index in [1.807, 2.05) is 32.9 Å². The zero-order valence-corrected chi connectivity index (χ0v) is 17.9. The van der Waals surface area contributed by atoms with Crippen LogP contribution in [-0.4, -0.2) is 27.8 Å². The lowest BCUT2D eigenvalue weighted by Crippen LogP contribution is -2.26. The van der Waals surface area contributed by atoms with E-state index in [0.29, 0.717) is 11.7 Å². The summed E-state index contributed by atoms with van der Waals surface area (Å²) < 4.78 is 1.70. The van der Waals surface area contributed by atoms with Crippen molar-refractivity contribution in [2.75, 3.05) is 12.3 Å². The molecule has 0 unspecified atom stereocenters. The smallest absolute Gasteiger partial charge is 0.267 e. The molecule has 0 saturated carbocycles. The summed E-state index contributed by atoms with van der Waals surface area (Å²) in [5.74, 6) is 0.185. The molecule has 1 amide bonds. The van der Waals surface area contributed by atoms with Gasteiger partial charge in [0.1, 0.15) is 4.83 Å². The van der Waals surface area contributed by atoms with Crippen molar-refractivity contribution in [2.45, 2.75) is 45.2 Å². The Morgan fingerprint density at radius 3 is 2.89 bits per heavy atom. The number of nitrogens with zero attached hydrogens (tertiary/aromatic N) is 2. The van der Waals surface area contributed by atoms with Gasteiger partial charge in [0.2, 0.25) is 5.91 Å². The van der Waals surface area contributed by atoms with Gasteiger partial charge in [-0.05, 0) is 57.2 Å². The predicted molar refractivity (Wildman–Crippen MR) is 116 cm³/mol. The van der Waals surface area contributed by atoms with Crippen LogP contribution in [0.5, 0.6) is 0 Å². The predicted octanol–water partition coefficient (Wildman–Crippen LogP) is 3.78. The monoisotopic (exact) mass is 413 g/mol. The second-order valence-electron chi connectivity index (χ2n) is 7.10. The van der Waals surface area contributed by atoms with Crippen molar-refractivity contribution in [3.63, 3.8) is 0 Å². The normalized spacial score (nSPS) is 13.1. The minimum Gasteiger partial charge on any atom is -0.356 e. The van der Waals surface area contributed by atoms with Crippen molar-refractivity contribution in [2.24, 2.45) is 0 Å². The molecule has 0 saturated heterocycles. The van der Waals surface area contributed by atoms with Crippen molar-refractivity contribution in [1.29, 1.82) is 0 Å². The molecule has 1 N–H and O–H groups in total. The molecule has 0 bridgehead atoms. The Morgan fingerprint density at radius 2 is 2.14 bits per heavy atom. The van der Waals surface area contributed by atoms with Gasteiger partial charge in [-0.25, -0.2) is 4.98 Å². The quantitative estimate of drug-likeness (QED) is 0.511. The molecule has 0 radical (unpaired) electrons. The summed E-state index contributed by atoms with van der Waals surface area (Å²) in [4.78, 5) is 32.5. The van der Waals surface area contributed by atoms with Gasteiger partial charge in [0, 0.05) is 11.4 Å². The second kappa shape index (κ2) is 7.72. The van der Waals surface area contributed by atoms with Gasteiger partial charge in [0.25, 0.3) is 5.56 Å². The van der Waals surface area contributed by atoms with Crippen LogP contribution in [0, 0.1) is 13.8 Å². The van der Waals surface area contributed by atoms with E-state index < -0.39 is 0 Å². The molecule has 28 heavy (non-hydrogen) atoms. The number of amides is 1. The minimum atomic E-state index is -0.0531. The lowest BCUT2D eigenvalue weighted by molar-refractivity contribution is -0.118. The van der Waals surface area contributed by atoms with E-state index in [4.69, 9.17) is 4.98 Å². The third kappa shape index (κ3) is 3.37. The fourth-order valence-electron chi connectivity index (χ4n) is 3.77. The summed E-state index contributed by atoms with van der Waals surface area (Å²) in [6, 6.07) is 6.06. The molecule has 2 aromatic heterocycles. The summed E-state index contributed by atoms with van der Waals surface area (Å²) in [5.41, 5.74) is 4.17. The molecule has 4 rings (SSSR count). The zero-order valence-electron chi connectivity index (χ0n) is 16.3. The van der Waals surface area contributed by atoms with Crippen LogP contribution in [0.2, 0.25) is 0 Å². The molecule has 0 fully saturated rings. The number of aromatic nitrogens is 2. The summed E-state index contributed by atoms with van der Waals surface area (Å²) in [7, 11) is 0. The summed E-state index contributed by atoms with van der Waals surface area (Å²) in [6.07, 6.45) is 3.08. The van der Waals surface area contributed by atoms with Crippen LogP contribution in [0.3, 0.4) is 0 Å². The number of fused-ring (bicyclic) bond motifs is 3. The molecular weight excluding hydrogens is 390 g/mol. The lowest BCUT2D eigenvalue weighted by atomic mass is 10.1. The van der Waals surface area contributed by atoms with Crippen LogP contribution in [0.1, 0.15) is 34.9 Å². The van der Waals surface area contributed by atoms with Gasteiger partial charge in [-0.2, -0.15) is 0 Å². The molecule has 2 heterocycles. The fraction of sp³-hybridized carbons (Fsp3) is 0.381. The summed E-state index contributed by atoms with van der Waals surface area (Å²) in [6.45, 7) is 6.53. The maximum absolute atomic E-state index is 13.6. The molecule has 1 aliphatic carbocycles. The first-order chi connectivity index (χ1) is 13.5. The first-order valence-electron chi connectivity index (χ1n) is 9.54. The van der Waals surface area contributed by atoms with Crippen LogP contribution in [0.25, 0.3) is 15.9 Å². The van der Waals surface area contributed by atoms with E-state index in [-0.39, 0.29) is 17.2 Å². The molecule has 0 atom stereocenters. The molecule has 7 heteroatoms. The highest BCUT2D eigenvalue weighted by atomic mass is 32.2. The van der Waals surface area contributed by atoms with E-state index in [1.54, 1.807) is 15.9 Å². The third-order valence-electron chi connectivity index (χ3n) is 5.01. The van der Waals surface area contributed by atoms with Crippen LogP contribution < -0.4 is 10.9 Å². The number of nitrogens with one attached hydrogen (secondary N) is 1. The molecule has 5 nitrogen and oxygen atoms in total. The second-order valence-corrected chi connectivity index (χ2v) is 9.13. The fourth-order valence-corrected chi connectivity index (χ4v) is 5.91. The van der Waals surface area contributed by atoms with E-state index >= 15 is 0 Å². The number of thiophene rings is 1. The van der Waals surface area contributed by atoms with Crippen molar-refractivity contribution >= 4 is 39.2 Å². The number of aryl methyl sites for hydroxylation is 4. The van der Waals surface area contributed by atoms with Crippen LogP contribution >= 0.6 is 23.1 Å². The number of carbonyl (C=O) groups is 1. The summed E-state index contributed by atoms with van der Waals surface area (Å²) in [5, 5.41) is 4.15. The molecule has 1 aromatic carbocycles. The van der Waals surface area contributed by atoms with E-state index in [1.165, 1.54) is 22.2 Å². The van der Waals surface area contributed by atoms with Gasteiger partial charge < -0.3 is 5.32 Å². The Kier molecular flexibility index (Phi) is 5.29. The number of thioether (sulfide) groups is 1. The van der Waals surface area contributed by atoms with Crippen molar-refractivity contribution < 1.29 is 4.79 Å². The van der Waals surface area contributed by atoms with Crippen molar-refractivity contribution in [1.82, 2.24) is 14.9 Å². The van der Waals surface area contributed by atoms with Crippen molar-refractivity contribution in [3.8, 4) is 5.69 Å². The maximum atomic E-state index is 13.6. The SMILES string of the molecule is CCNC(=O)CSc1nc2sc3c(c2c(=O)n1-c1ccc(C)cc1C)CCC3. The third-order valence-corrected chi connectivity index (χ3v) is 7.13. The standard InChI is InChI=1S/C21H23N3O2S2/c1-4-22-17(25)11-27-21-23-19-18(14-6-5-7-16(14)28-19)20(26)24(21)15-9-8-12(2)10-13(15)3/h8-10H,4-7,11H2,1-3H3,(H,22,25). The van der Waals surface area contributed by atoms with E-state index in [0.717, 1.165) is 46.3 Å². The Hall–Kier alpha value is -2.12. The minimum absolute atomic E-state index is 0.0187. The van der Waals surface area contributed by atoms with Crippen molar-refractivity contribution in [3.05, 3.63) is 50.1 Å². The topological polar surface area (TPSA) is 64.0 Å². The molecule has 0 spiro atoms. The van der Waals surface area contributed by atoms with Crippen LogP contribution in [0.15, 0.2) is 28.2 Å². The molecule has 1 aliphatic rings. The van der Waals surface area contributed by atoms with Gasteiger partial charge in [0.15, 0.2) is 5.16 Å².